The number of halogens is 1. The van der Waals surface area contributed by atoms with Gasteiger partial charge < -0.3 is 4.74 Å². The Morgan fingerprint density at radius 2 is 2.27 bits per heavy atom. The van der Waals surface area contributed by atoms with Crippen molar-refractivity contribution in [2.45, 2.75) is 13.5 Å². The molecule has 2 heterocycles. The van der Waals surface area contributed by atoms with E-state index in [0.717, 1.165) is 11.0 Å². The fourth-order valence-electron chi connectivity index (χ4n) is 1.36. The number of rotatable bonds is 3. The smallest absolute Gasteiger partial charge is 0.163 e. The maximum absolute atomic E-state index is 5.97. The van der Waals surface area contributed by atoms with Crippen LogP contribution in [0.5, 0.6) is 0 Å². The predicted octanol–water partition coefficient (Wildman–Crippen LogP) is 1.43. The normalized spacial score (nSPS) is 11.1. The summed E-state index contributed by atoms with van der Waals surface area (Å²) < 4.78 is 6.75. The van der Waals surface area contributed by atoms with Crippen LogP contribution in [0, 0.1) is 6.92 Å². The van der Waals surface area contributed by atoms with Crippen molar-refractivity contribution in [2.75, 3.05) is 13.7 Å². The lowest BCUT2D eigenvalue weighted by Crippen LogP contribution is -2.06. The number of nitrogens with zero attached hydrogens (tertiary/aromatic N) is 4. The highest BCUT2D eigenvalue weighted by atomic mass is 35.5. The summed E-state index contributed by atoms with van der Waals surface area (Å²) in [6, 6.07) is 0. The molecule has 0 saturated heterocycles. The standard InChI is InChI=1S/C9H11ClN4O/c1-6-12-8(10)7-5-11-14(3-4-15-2)9(7)13-6/h5H,3-4H2,1-2H3. The Balaban J connectivity index is 2.49. The lowest BCUT2D eigenvalue weighted by Gasteiger charge is -2.02. The Kier molecular flexibility index (Phi) is 2.83. The molecule has 2 rings (SSSR count). The third-order valence-electron chi connectivity index (χ3n) is 2.07. The number of hydrogen-bond donors (Lipinski definition) is 0. The summed E-state index contributed by atoms with van der Waals surface area (Å²) in [5.74, 6) is 0.645. The first-order chi connectivity index (χ1) is 7.22. The highest BCUT2D eigenvalue weighted by Gasteiger charge is 2.09. The number of methoxy groups -OCH3 is 1. The molecule has 2 aromatic rings. The third-order valence-corrected chi connectivity index (χ3v) is 2.36. The van der Waals surface area contributed by atoms with Gasteiger partial charge in [0.05, 0.1) is 24.7 Å². The van der Waals surface area contributed by atoms with E-state index < -0.39 is 0 Å². The number of aromatic nitrogens is 4. The summed E-state index contributed by atoms with van der Waals surface area (Å²) in [6.45, 7) is 3.06. The van der Waals surface area contributed by atoms with E-state index in [4.69, 9.17) is 16.3 Å². The van der Waals surface area contributed by atoms with Crippen LogP contribution in [-0.2, 0) is 11.3 Å². The Labute approximate surface area is 92.0 Å². The van der Waals surface area contributed by atoms with Crippen molar-refractivity contribution in [1.82, 2.24) is 19.7 Å². The third kappa shape index (κ3) is 1.93. The van der Waals surface area contributed by atoms with Crippen molar-refractivity contribution in [3.63, 3.8) is 0 Å². The quantitative estimate of drug-likeness (QED) is 0.743. The van der Waals surface area contributed by atoms with Crippen molar-refractivity contribution in [3.8, 4) is 0 Å². The Morgan fingerprint density at radius 1 is 1.47 bits per heavy atom. The molecule has 0 N–H and O–H groups in total. The molecule has 0 aromatic carbocycles. The first-order valence-electron chi connectivity index (χ1n) is 4.57. The predicted molar refractivity (Wildman–Crippen MR) is 56.9 cm³/mol. The molecule has 5 nitrogen and oxygen atoms in total. The van der Waals surface area contributed by atoms with Crippen molar-refractivity contribution >= 4 is 22.6 Å². The van der Waals surface area contributed by atoms with Gasteiger partial charge in [0.1, 0.15) is 11.0 Å². The van der Waals surface area contributed by atoms with E-state index in [1.165, 1.54) is 0 Å². The van der Waals surface area contributed by atoms with Crippen LogP contribution in [0.4, 0.5) is 0 Å². The van der Waals surface area contributed by atoms with E-state index in [2.05, 4.69) is 15.1 Å². The molecule has 0 aliphatic heterocycles. The molecule has 0 aliphatic carbocycles. The zero-order chi connectivity index (χ0) is 10.8. The van der Waals surface area contributed by atoms with Gasteiger partial charge in [-0.3, -0.25) is 0 Å². The van der Waals surface area contributed by atoms with Crippen LogP contribution in [0.1, 0.15) is 5.82 Å². The summed E-state index contributed by atoms with van der Waals surface area (Å²) in [5.41, 5.74) is 0.754. The van der Waals surface area contributed by atoms with Crippen LogP contribution in [0.25, 0.3) is 11.0 Å². The number of aryl methyl sites for hydroxylation is 1. The number of fused-ring (bicyclic) bond motifs is 1. The number of hydrogen-bond acceptors (Lipinski definition) is 4. The molecule has 0 radical (unpaired) electrons. The average Bonchev–Trinajstić information content (AvgIpc) is 2.58. The van der Waals surface area contributed by atoms with Gasteiger partial charge in [-0.15, -0.1) is 0 Å². The van der Waals surface area contributed by atoms with Crippen molar-refractivity contribution < 1.29 is 4.74 Å². The first kappa shape index (κ1) is 10.3. The molecule has 0 fully saturated rings. The van der Waals surface area contributed by atoms with E-state index in [1.807, 2.05) is 0 Å². The van der Waals surface area contributed by atoms with Crippen LogP contribution in [0.2, 0.25) is 5.15 Å². The lowest BCUT2D eigenvalue weighted by atomic mass is 10.4. The largest absolute Gasteiger partial charge is 0.383 e. The molecule has 0 aliphatic rings. The SMILES string of the molecule is COCCn1ncc2c(Cl)nc(C)nc21. The summed E-state index contributed by atoms with van der Waals surface area (Å²) in [7, 11) is 1.65. The van der Waals surface area contributed by atoms with E-state index in [-0.39, 0.29) is 0 Å². The second-order valence-electron chi connectivity index (χ2n) is 3.16. The van der Waals surface area contributed by atoms with Crippen molar-refractivity contribution in [1.29, 1.82) is 0 Å². The molecular formula is C9H11ClN4O. The topological polar surface area (TPSA) is 52.8 Å². The zero-order valence-electron chi connectivity index (χ0n) is 8.57. The minimum atomic E-state index is 0.446. The molecule has 0 unspecified atom stereocenters. The number of ether oxygens (including phenoxy) is 1. The minimum absolute atomic E-state index is 0.446. The van der Waals surface area contributed by atoms with Gasteiger partial charge >= 0.3 is 0 Å². The molecule has 0 amide bonds. The molecule has 6 heteroatoms. The van der Waals surface area contributed by atoms with Crippen LogP contribution in [0.3, 0.4) is 0 Å². The lowest BCUT2D eigenvalue weighted by molar-refractivity contribution is 0.184. The first-order valence-corrected chi connectivity index (χ1v) is 4.95. The maximum atomic E-state index is 5.97. The second kappa shape index (κ2) is 4.12. The molecule has 15 heavy (non-hydrogen) atoms. The van der Waals surface area contributed by atoms with Gasteiger partial charge in [-0.2, -0.15) is 5.10 Å². The van der Waals surface area contributed by atoms with E-state index >= 15 is 0 Å². The Bertz CT molecular complexity index is 482. The monoisotopic (exact) mass is 226 g/mol. The van der Waals surface area contributed by atoms with Gasteiger partial charge in [0, 0.05) is 7.11 Å². The van der Waals surface area contributed by atoms with Crippen LogP contribution < -0.4 is 0 Å². The van der Waals surface area contributed by atoms with Gasteiger partial charge in [0.2, 0.25) is 0 Å². The molecular weight excluding hydrogens is 216 g/mol. The van der Waals surface area contributed by atoms with E-state index in [0.29, 0.717) is 24.1 Å². The summed E-state index contributed by atoms with van der Waals surface area (Å²) >= 11 is 5.97. The van der Waals surface area contributed by atoms with Gasteiger partial charge in [-0.25, -0.2) is 14.6 Å². The highest BCUT2D eigenvalue weighted by molar-refractivity contribution is 6.33. The van der Waals surface area contributed by atoms with Crippen molar-refractivity contribution in [3.05, 3.63) is 17.2 Å². The van der Waals surface area contributed by atoms with Gasteiger partial charge in [-0.1, -0.05) is 11.6 Å². The van der Waals surface area contributed by atoms with E-state index in [9.17, 15) is 0 Å². The Hall–Kier alpha value is -1.20. The van der Waals surface area contributed by atoms with Gasteiger partial charge in [0.25, 0.3) is 0 Å². The van der Waals surface area contributed by atoms with Crippen molar-refractivity contribution in [2.24, 2.45) is 0 Å². The Morgan fingerprint density at radius 3 is 3.00 bits per heavy atom. The zero-order valence-corrected chi connectivity index (χ0v) is 9.32. The second-order valence-corrected chi connectivity index (χ2v) is 3.52. The highest BCUT2D eigenvalue weighted by Crippen LogP contribution is 2.19. The van der Waals surface area contributed by atoms with Gasteiger partial charge in [0.15, 0.2) is 5.65 Å². The molecule has 0 saturated carbocycles. The fourth-order valence-corrected chi connectivity index (χ4v) is 1.62. The van der Waals surface area contributed by atoms with Gasteiger partial charge in [-0.05, 0) is 6.92 Å². The summed E-state index contributed by atoms with van der Waals surface area (Å²) in [5, 5.41) is 5.41. The molecule has 80 valence electrons. The summed E-state index contributed by atoms with van der Waals surface area (Å²) in [4.78, 5) is 8.36. The van der Waals surface area contributed by atoms with Crippen LogP contribution >= 0.6 is 11.6 Å². The minimum Gasteiger partial charge on any atom is -0.383 e. The molecule has 0 spiro atoms. The van der Waals surface area contributed by atoms with E-state index in [1.54, 1.807) is 24.9 Å². The molecule has 2 aromatic heterocycles. The molecule has 0 bridgehead atoms. The summed E-state index contributed by atoms with van der Waals surface area (Å²) in [6.07, 6.45) is 1.67. The van der Waals surface area contributed by atoms with Crippen LogP contribution in [0.15, 0.2) is 6.20 Å². The average molecular weight is 227 g/mol. The van der Waals surface area contributed by atoms with Crippen LogP contribution in [-0.4, -0.2) is 33.5 Å². The maximum Gasteiger partial charge on any atom is 0.163 e. The fraction of sp³-hybridized carbons (Fsp3) is 0.444. The molecule has 0 atom stereocenters.